The van der Waals surface area contributed by atoms with Gasteiger partial charge in [0, 0.05) is 34.3 Å². The molecule has 74 valence electrons. The Hall–Kier alpha value is -1.61. The summed E-state index contributed by atoms with van der Waals surface area (Å²) >= 11 is 1.77. The minimum Gasteiger partial charge on any atom is -0.275 e. The first kappa shape index (κ1) is 8.68. The molecule has 0 fully saturated rings. The van der Waals surface area contributed by atoms with Gasteiger partial charge >= 0.3 is 0 Å². The highest BCUT2D eigenvalue weighted by molar-refractivity contribution is 7.17. The SMILES string of the molecule is Cn1ccc(-c2csc3ccccc23)n1. The Morgan fingerprint density at radius 3 is 2.87 bits per heavy atom. The predicted octanol–water partition coefficient (Wildman–Crippen LogP) is 3.30. The van der Waals surface area contributed by atoms with Crippen molar-refractivity contribution in [2.45, 2.75) is 0 Å². The molecule has 3 aromatic rings. The van der Waals surface area contributed by atoms with Crippen LogP contribution in [0.15, 0.2) is 41.9 Å². The third kappa shape index (κ3) is 1.36. The second-order valence-electron chi connectivity index (χ2n) is 3.52. The highest BCUT2D eigenvalue weighted by Crippen LogP contribution is 2.32. The van der Waals surface area contributed by atoms with E-state index >= 15 is 0 Å². The Labute approximate surface area is 91.8 Å². The molecule has 0 aliphatic heterocycles. The summed E-state index contributed by atoms with van der Waals surface area (Å²) in [4.78, 5) is 0. The Morgan fingerprint density at radius 1 is 1.20 bits per heavy atom. The smallest absolute Gasteiger partial charge is 0.0937 e. The van der Waals surface area contributed by atoms with Crippen LogP contribution < -0.4 is 0 Å². The quantitative estimate of drug-likeness (QED) is 0.607. The van der Waals surface area contributed by atoms with Crippen LogP contribution in [0.1, 0.15) is 0 Å². The summed E-state index contributed by atoms with van der Waals surface area (Å²) in [5.74, 6) is 0. The van der Waals surface area contributed by atoms with Gasteiger partial charge in [0.1, 0.15) is 0 Å². The van der Waals surface area contributed by atoms with Gasteiger partial charge in [-0.3, -0.25) is 4.68 Å². The lowest BCUT2D eigenvalue weighted by atomic mass is 10.1. The van der Waals surface area contributed by atoms with Gasteiger partial charge in [-0.25, -0.2) is 0 Å². The zero-order valence-corrected chi connectivity index (χ0v) is 9.16. The fourth-order valence-electron chi connectivity index (χ4n) is 1.73. The molecule has 1 aromatic carbocycles. The maximum atomic E-state index is 4.43. The van der Waals surface area contributed by atoms with E-state index < -0.39 is 0 Å². The van der Waals surface area contributed by atoms with E-state index in [2.05, 4.69) is 40.8 Å². The van der Waals surface area contributed by atoms with Crippen molar-refractivity contribution in [1.82, 2.24) is 9.78 Å². The second kappa shape index (κ2) is 3.21. The zero-order valence-electron chi connectivity index (χ0n) is 8.34. The number of aromatic nitrogens is 2. The summed E-state index contributed by atoms with van der Waals surface area (Å²) in [6, 6.07) is 10.5. The Bertz CT molecular complexity index is 607. The van der Waals surface area contributed by atoms with E-state index in [-0.39, 0.29) is 0 Å². The number of fused-ring (bicyclic) bond motifs is 1. The molecular formula is C12H10N2S. The molecule has 2 nitrogen and oxygen atoms in total. The van der Waals surface area contributed by atoms with Crippen LogP contribution in [-0.4, -0.2) is 9.78 Å². The molecular weight excluding hydrogens is 204 g/mol. The predicted molar refractivity (Wildman–Crippen MR) is 64.0 cm³/mol. The van der Waals surface area contributed by atoms with Gasteiger partial charge in [-0.1, -0.05) is 18.2 Å². The van der Waals surface area contributed by atoms with E-state index in [1.807, 2.05) is 17.9 Å². The third-order valence-electron chi connectivity index (χ3n) is 2.47. The fourth-order valence-corrected chi connectivity index (χ4v) is 2.69. The van der Waals surface area contributed by atoms with Gasteiger partial charge in [0.25, 0.3) is 0 Å². The molecule has 2 heterocycles. The van der Waals surface area contributed by atoms with E-state index in [1.165, 1.54) is 15.6 Å². The summed E-state index contributed by atoms with van der Waals surface area (Å²) in [7, 11) is 1.94. The molecule has 0 unspecified atom stereocenters. The molecule has 0 N–H and O–H groups in total. The Morgan fingerprint density at radius 2 is 2.07 bits per heavy atom. The molecule has 0 atom stereocenters. The molecule has 0 saturated heterocycles. The number of benzene rings is 1. The highest BCUT2D eigenvalue weighted by Gasteiger charge is 2.07. The van der Waals surface area contributed by atoms with E-state index in [4.69, 9.17) is 0 Å². The maximum Gasteiger partial charge on any atom is 0.0937 e. The van der Waals surface area contributed by atoms with Crippen molar-refractivity contribution in [3.63, 3.8) is 0 Å². The molecule has 0 amide bonds. The summed E-state index contributed by atoms with van der Waals surface area (Å²) in [6.07, 6.45) is 1.97. The van der Waals surface area contributed by atoms with Crippen molar-refractivity contribution < 1.29 is 0 Å². The van der Waals surface area contributed by atoms with Crippen molar-refractivity contribution >= 4 is 21.4 Å². The minimum absolute atomic E-state index is 1.05. The lowest BCUT2D eigenvalue weighted by Gasteiger charge is -1.93. The van der Waals surface area contributed by atoms with Crippen molar-refractivity contribution in [2.24, 2.45) is 7.05 Å². The summed E-state index contributed by atoms with van der Waals surface area (Å²) < 4.78 is 3.15. The monoisotopic (exact) mass is 214 g/mol. The summed E-state index contributed by atoms with van der Waals surface area (Å²) in [5, 5.41) is 7.89. The number of hydrogen-bond acceptors (Lipinski definition) is 2. The van der Waals surface area contributed by atoms with Crippen molar-refractivity contribution in [3.05, 3.63) is 41.9 Å². The second-order valence-corrected chi connectivity index (χ2v) is 4.43. The van der Waals surface area contributed by atoms with Gasteiger partial charge in [-0.2, -0.15) is 5.10 Å². The molecule has 15 heavy (non-hydrogen) atoms. The fraction of sp³-hybridized carbons (Fsp3) is 0.0833. The van der Waals surface area contributed by atoms with Crippen LogP contribution in [0.4, 0.5) is 0 Å². The van der Waals surface area contributed by atoms with E-state index in [0.717, 1.165) is 5.69 Å². The average Bonchev–Trinajstić information content (AvgIpc) is 2.83. The number of hydrogen-bond donors (Lipinski definition) is 0. The molecule has 0 bridgehead atoms. The number of thiophene rings is 1. The van der Waals surface area contributed by atoms with Crippen LogP contribution in [-0.2, 0) is 7.05 Å². The van der Waals surface area contributed by atoms with Crippen LogP contribution in [0.2, 0.25) is 0 Å². The number of nitrogens with zero attached hydrogens (tertiary/aromatic N) is 2. The first-order valence-corrected chi connectivity index (χ1v) is 5.69. The lowest BCUT2D eigenvalue weighted by molar-refractivity contribution is 0.771. The van der Waals surface area contributed by atoms with Gasteiger partial charge < -0.3 is 0 Å². The van der Waals surface area contributed by atoms with Crippen LogP contribution in [0, 0.1) is 0 Å². The number of rotatable bonds is 1. The largest absolute Gasteiger partial charge is 0.275 e. The molecule has 0 aliphatic carbocycles. The van der Waals surface area contributed by atoms with Gasteiger partial charge in [0.15, 0.2) is 0 Å². The first-order valence-electron chi connectivity index (χ1n) is 4.81. The van der Waals surface area contributed by atoms with Gasteiger partial charge in [-0.05, 0) is 12.1 Å². The Kier molecular flexibility index (Phi) is 1.86. The molecule has 0 saturated carbocycles. The number of aryl methyl sites for hydroxylation is 1. The van der Waals surface area contributed by atoms with E-state index in [0.29, 0.717) is 0 Å². The van der Waals surface area contributed by atoms with E-state index in [1.54, 1.807) is 11.3 Å². The standard InChI is InChI=1S/C12H10N2S/c1-14-7-6-11(13-14)10-8-15-12-5-3-2-4-9(10)12/h2-8H,1H3. The van der Waals surface area contributed by atoms with Crippen LogP contribution >= 0.6 is 11.3 Å². The molecule has 3 rings (SSSR count). The lowest BCUT2D eigenvalue weighted by Crippen LogP contribution is -1.87. The van der Waals surface area contributed by atoms with Gasteiger partial charge in [0.05, 0.1) is 5.69 Å². The van der Waals surface area contributed by atoms with Crippen molar-refractivity contribution in [3.8, 4) is 11.3 Å². The molecule has 0 radical (unpaired) electrons. The Balaban J connectivity index is 2.27. The van der Waals surface area contributed by atoms with Crippen LogP contribution in [0.5, 0.6) is 0 Å². The van der Waals surface area contributed by atoms with Crippen LogP contribution in [0.25, 0.3) is 21.3 Å². The highest BCUT2D eigenvalue weighted by atomic mass is 32.1. The summed E-state index contributed by atoms with van der Waals surface area (Å²) in [5.41, 5.74) is 2.28. The van der Waals surface area contributed by atoms with Gasteiger partial charge in [-0.15, -0.1) is 11.3 Å². The summed E-state index contributed by atoms with van der Waals surface area (Å²) in [6.45, 7) is 0. The molecule has 3 heteroatoms. The maximum absolute atomic E-state index is 4.43. The average molecular weight is 214 g/mol. The molecule has 0 spiro atoms. The van der Waals surface area contributed by atoms with Crippen molar-refractivity contribution in [2.75, 3.05) is 0 Å². The zero-order chi connectivity index (χ0) is 10.3. The normalized spacial score (nSPS) is 11.0. The van der Waals surface area contributed by atoms with Gasteiger partial charge in [0.2, 0.25) is 0 Å². The van der Waals surface area contributed by atoms with E-state index in [9.17, 15) is 0 Å². The minimum atomic E-state index is 1.05. The topological polar surface area (TPSA) is 17.8 Å². The van der Waals surface area contributed by atoms with Crippen molar-refractivity contribution in [1.29, 1.82) is 0 Å². The third-order valence-corrected chi connectivity index (χ3v) is 3.43. The molecule has 0 aliphatic rings. The molecule has 2 aromatic heterocycles. The first-order chi connectivity index (χ1) is 7.34. The van der Waals surface area contributed by atoms with Crippen LogP contribution in [0.3, 0.4) is 0 Å².